The summed E-state index contributed by atoms with van der Waals surface area (Å²) in [5.41, 5.74) is 2.61. The normalized spacial score (nSPS) is 16.2. The number of imide groups is 1. The number of aryl methyl sites for hydroxylation is 1. The number of benzene rings is 2. The van der Waals surface area contributed by atoms with Gasteiger partial charge in [-0.25, -0.2) is 0 Å². The molecule has 0 saturated carbocycles. The van der Waals surface area contributed by atoms with E-state index in [0.29, 0.717) is 50.1 Å². The third-order valence-corrected chi connectivity index (χ3v) is 5.75. The van der Waals surface area contributed by atoms with Crippen LogP contribution in [0.2, 0.25) is 0 Å². The molecule has 0 aliphatic carbocycles. The van der Waals surface area contributed by atoms with Crippen LogP contribution in [-0.4, -0.2) is 65.4 Å². The number of para-hydroxylation sites is 2. The zero-order chi connectivity index (χ0) is 21.3. The van der Waals surface area contributed by atoms with E-state index in [-0.39, 0.29) is 30.0 Å². The molecule has 0 radical (unpaired) electrons. The Morgan fingerprint density at radius 2 is 1.67 bits per heavy atom. The fourth-order valence-electron chi connectivity index (χ4n) is 4.08. The van der Waals surface area contributed by atoms with Gasteiger partial charge in [-0.3, -0.25) is 19.3 Å². The molecular weight excluding hydrogens is 382 g/mol. The van der Waals surface area contributed by atoms with Gasteiger partial charge in [-0.1, -0.05) is 23.8 Å². The number of rotatable bonds is 5. The molecule has 4 rings (SSSR count). The standard InChI is InChI=1S/C23H25N3O4/c1-16-8-9-17-18(15-16)23(30)26(22(17)29)10-4-7-21(28)25-13-11-24(12-14-25)19-5-2-3-6-20(19)27/h2-3,5-6,8-9,15,27H,4,7,10-14H2,1H3. The zero-order valence-electron chi connectivity index (χ0n) is 17.0. The van der Waals surface area contributed by atoms with E-state index in [2.05, 4.69) is 4.90 Å². The van der Waals surface area contributed by atoms with Crippen molar-refractivity contribution in [3.8, 4) is 5.75 Å². The number of hydrogen-bond donors (Lipinski definition) is 1. The maximum absolute atomic E-state index is 12.6. The second kappa shape index (κ2) is 8.18. The summed E-state index contributed by atoms with van der Waals surface area (Å²) in [6.07, 6.45) is 0.742. The quantitative estimate of drug-likeness (QED) is 0.770. The van der Waals surface area contributed by atoms with Crippen molar-refractivity contribution in [2.24, 2.45) is 0 Å². The first-order chi connectivity index (χ1) is 14.5. The monoisotopic (exact) mass is 407 g/mol. The fraction of sp³-hybridized carbons (Fsp3) is 0.348. The van der Waals surface area contributed by atoms with Gasteiger partial charge in [0, 0.05) is 39.1 Å². The molecule has 2 aromatic carbocycles. The number of carbonyl (C=O) groups excluding carboxylic acids is 3. The summed E-state index contributed by atoms with van der Waals surface area (Å²) >= 11 is 0. The summed E-state index contributed by atoms with van der Waals surface area (Å²) in [4.78, 5) is 42.7. The first-order valence-corrected chi connectivity index (χ1v) is 10.2. The van der Waals surface area contributed by atoms with Crippen molar-refractivity contribution < 1.29 is 19.5 Å². The molecule has 0 atom stereocenters. The van der Waals surface area contributed by atoms with Gasteiger partial charge in [-0.05, 0) is 37.6 Å². The molecule has 2 aromatic rings. The SMILES string of the molecule is Cc1ccc2c(c1)C(=O)N(CCCC(=O)N1CCN(c3ccccc3O)CC1)C2=O. The molecule has 1 fully saturated rings. The van der Waals surface area contributed by atoms with Gasteiger partial charge in [0.1, 0.15) is 5.75 Å². The highest BCUT2D eigenvalue weighted by Crippen LogP contribution is 2.27. The van der Waals surface area contributed by atoms with Gasteiger partial charge in [0.05, 0.1) is 16.8 Å². The molecule has 2 aliphatic rings. The number of phenols is 1. The molecule has 0 unspecified atom stereocenters. The Morgan fingerprint density at radius 1 is 0.967 bits per heavy atom. The van der Waals surface area contributed by atoms with E-state index in [1.54, 1.807) is 24.3 Å². The van der Waals surface area contributed by atoms with Gasteiger partial charge in [-0.15, -0.1) is 0 Å². The molecule has 2 aliphatic heterocycles. The fourth-order valence-corrected chi connectivity index (χ4v) is 4.08. The number of anilines is 1. The third-order valence-electron chi connectivity index (χ3n) is 5.75. The van der Waals surface area contributed by atoms with Gasteiger partial charge in [0.25, 0.3) is 11.8 Å². The van der Waals surface area contributed by atoms with Gasteiger partial charge >= 0.3 is 0 Å². The smallest absolute Gasteiger partial charge is 0.261 e. The molecule has 0 aromatic heterocycles. The number of piperazine rings is 1. The summed E-state index contributed by atoms with van der Waals surface area (Å²) in [6, 6.07) is 12.5. The first kappa shape index (κ1) is 19.9. The maximum Gasteiger partial charge on any atom is 0.261 e. The minimum atomic E-state index is -0.279. The Balaban J connectivity index is 1.27. The maximum atomic E-state index is 12.6. The molecule has 30 heavy (non-hydrogen) atoms. The van der Waals surface area contributed by atoms with E-state index in [9.17, 15) is 19.5 Å². The number of fused-ring (bicyclic) bond motifs is 1. The molecule has 1 N–H and O–H groups in total. The highest BCUT2D eigenvalue weighted by atomic mass is 16.3. The van der Waals surface area contributed by atoms with Gasteiger partial charge in [0.15, 0.2) is 0 Å². The Hall–Kier alpha value is -3.35. The second-order valence-corrected chi connectivity index (χ2v) is 7.77. The molecule has 156 valence electrons. The van der Waals surface area contributed by atoms with E-state index < -0.39 is 0 Å². The van der Waals surface area contributed by atoms with Crippen LogP contribution in [0.15, 0.2) is 42.5 Å². The van der Waals surface area contributed by atoms with Crippen molar-refractivity contribution >= 4 is 23.4 Å². The number of amides is 3. The predicted molar refractivity (Wildman–Crippen MR) is 113 cm³/mol. The highest BCUT2D eigenvalue weighted by Gasteiger charge is 2.35. The molecule has 1 saturated heterocycles. The lowest BCUT2D eigenvalue weighted by Gasteiger charge is -2.36. The summed E-state index contributed by atoms with van der Waals surface area (Å²) in [5, 5.41) is 10.00. The average molecular weight is 407 g/mol. The van der Waals surface area contributed by atoms with E-state index in [4.69, 9.17) is 0 Å². The molecular formula is C23H25N3O4. The molecule has 2 heterocycles. The number of hydrogen-bond acceptors (Lipinski definition) is 5. The van der Waals surface area contributed by atoms with E-state index >= 15 is 0 Å². The minimum absolute atomic E-state index is 0.0272. The van der Waals surface area contributed by atoms with Gasteiger partial charge < -0.3 is 14.9 Å². The Labute approximate surface area is 175 Å². The van der Waals surface area contributed by atoms with Crippen molar-refractivity contribution in [2.45, 2.75) is 19.8 Å². The molecule has 7 heteroatoms. The number of nitrogens with zero attached hydrogens (tertiary/aromatic N) is 3. The zero-order valence-corrected chi connectivity index (χ0v) is 17.0. The average Bonchev–Trinajstić information content (AvgIpc) is 2.98. The van der Waals surface area contributed by atoms with Crippen LogP contribution in [0, 0.1) is 6.92 Å². The van der Waals surface area contributed by atoms with Crippen molar-refractivity contribution in [3.05, 3.63) is 59.2 Å². The first-order valence-electron chi connectivity index (χ1n) is 10.2. The number of carbonyl (C=O) groups is 3. The van der Waals surface area contributed by atoms with Gasteiger partial charge in [-0.2, -0.15) is 0 Å². The lowest BCUT2D eigenvalue weighted by Crippen LogP contribution is -2.48. The molecule has 0 spiro atoms. The van der Waals surface area contributed by atoms with Crippen molar-refractivity contribution in [1.82, 2.24) is 9.80 Å². The lowest BCUT2D eigenvalue weighted by molar-refractivity contribution is -0.131. The van der Waals surface area contributed by atoms with Gasteiger partial charge in [0.2, 0.25) is 5.91 Å². The van der Waals surface area contributed by atoms with Crippen LogP contribution in [0.5, 0.6) is 5.75 Å². The molecule has 3 amide bonds. The molecule has 0 bridgehead atoms. The summed E-state index contributed by atoms with van der Waals surface area (Å²) in [7, 11) is 0. The Kier molecular flexibility index (Phi) is 5.44. The Morgan fingerprint density at radius 3 is 2.40 bits per heavy atom. The lowest BCUT2D eigenvalue weighted by atomic mass is 10.1. The molecule has 7 nitrogen and oxygen atoms in total. The van der Waals surface area contributed by atoms with Crippen LogP contribution >= 0.6 is 0 Å². The van der Waals surface area contributed by atoms with Crippen LogP contribution in [0.1, 0.15) is 39.1 Å². The topological polar surface area (TPSA) is 81.2 Å². The second-order valence-electron chi connectivity index (χ2n) is 7.77. The Bertz CT molecular complexity index is 996. The van der Waals surface area contributed by atoms with Crippen molar-refractivity contribution in [2.75, 3.05) is 37.6 Å². The van der Waals surface area contributed by atoms with Crippen LogP contribution in [0.4, 0.5) is 5.69 Å². The van der Waals surface area contributed by atoms with Crippen LogP contribution in [-0.2, 0) is 4.79 Å². The van der Waals surface area contributed by atoms with Crippen molar-refractivity contribution in [3.63, 3.8) is 0 Å². The third kappa shape index (κ3) is 3.75. The van der Waals surface area contributed by atoms with E-state index in [1.165, 1.54) is 4.90 Å². The number of aromatic hydroxyl groups is 1. The van der Waals surface area contributed by atoms with E-state index in [1.807, 2.05) is 30.0 Å². The summed E-state index contributed by atoms with van der Waals surface area (Å²) < 4.78 is 0. The predicted octanol–water partition coefficient (Wildman–Crippen LogP) is 2.43. The highest BCUT2D eigenvalue weighted by molar-refractivity contribution is 6.21. The van der Waals surface area contributed by atoms with Crippen molar-refractivity contribution in [1.29, 1.82) is 0 Å². The summed E-state index contributed by atoms with van der Waals surface area (Å²) in [5.74, 6) is -0.283. The minimum Gasteiger partial charge on any atom is -0.506 e. The van der Waals surface area contributed by atoms with Crippen LogP contribution < -0.4 is 4.90 Å². The van der Waals surface area contributed by atoms with Crippen LogP contribution in [0.25, 0.3) is 0 Å². The van der Waals surface area contributed by atoms with E-state index in [0.717, 1.165) is 11.3 Å². The largest absolute Gasteiger partial charge is 0.506 e. The van der Waals surface area contributed by atoms with Crippen LogP contribution in [0.3, 0.4) is 0 Å². The number of phenolic OH excluding ortho intramolecular Hbond substituents is 1. The summed E-state index contributed by atoms with van der Waals surface area (Å²) in [6.45, 7) is 4.61.